The van der Waals surface area contributed by atoms with Crippen LogP contribution in [0.5, 0.6) is 0 Å². The van der Waals surface area contributed by atoms with Crippen LogP contribution in [-0.4, -0.2) is 5.38 Å². The van der Waals surface area contributed by atoms with Gasteiger partial charge in [-0.3, -0.25) is 0 Å². The average molecular weight is 243 g/mol. The van der Waals surface area contributed by atoms with Crippen molar-refractivity contribution in [3.63, 3.8) is 0 Å². The fourth-order valence-corrected chi connectivity index (χ4v) is 4.03. The van der Waals surface area contributed by atoms with Crippen LogP contribution in [0.1, 0.15) is 44.6 Å². The predicted molar refractivity (Wildman–Crippen MR) is 68.9 cm³/mol. The van der Waals surface area contributed by atoms with Crippen LogP contribution in [-0.2, 0) is 6.42 Å². The highest BCUT2D eigenvalue weighted by molar-refractivity contribution is 7.07. The zero-order valence-electron chi connectivity index (χ0n) is 9.34. The average Bonchev–Trinajstić information content (AvgIpc) is 2.87. The molecule has 0 aromatic carbocycles. The monoisotopic (exact) mass is 242 g/mol. The molecule has 84 valence electrons. The van der Waals surface area contributed by atoms with Gasteiger partial charge in [0.1, 0.15) is 0 Å². The molecule has 1 heterocycles. The van der Waals surface area contributed by atoms with E-state index in [1.54, 1.807) is 11.3 Å². The quantitative estimate of drug-likeness (QED) is 0.661. The molecule has 0 spiro atoms. The van der Waals surface area contributed by atoms with Gasteiger partial charge in [-0.2, -0.15) is 11.3 Å². The first kappa shape index (κ1) is 11.5. The number of hydrogen-bond donors (Lipinski definition) is 0. The molecule has 0 amide bonds. The molecule has 1 fully saturated rings. The molecule has 0 nitrogen and oxygen atoms in total. The summed E-state index contributed by atoms with van der Waals surface area (Å²) in [6.45, 7) is 2.30. The van der Waals surface area contributed by atoms with Crippen LogP contribution in [0.25, 0.3) is 0 Å². The van der Waals surface area contributed by atoms with Gasteiger partial charge in [-0.15, -0.1) is 11.6 Å². The lowest BCUT2D eigenvalue weighted by atomic mass is 9.78. The van der Waals surface area contributed by atoms with E-state index in [9.17, 15) is 0 Å². The highest BCUT2D eigenvalue weighted by atomic mass is 35.5. The normalized spacial score (nSPS) is 21.7. The molecule has 1 aliphatic rings. The molecule has 2 rings (SSSR count). The van der Waals surface area contributed by atoms with E-state index >= 15 is 0 Å². The lowest BCUT2D eigenvalue weighted by molar-refractivity contribution is 0.267. The van der Waals surface area contributed by atoms with E-state index in [1.807, 2.05) is 0 Å². The summed E-state index contributed by atoms with van der Waals surface area (Å²) >= 11 is 8.41. The van der Waals surface area contributed by atoms with Gasteiger partial charge in [-0.05, 0) is 53.5 Å². The predicted octanol–water partition coefficient (Wildman–Crippen LogP) is 4.87. The molecule has 0 bridgehead atoms. The van der Waals surface area contributed by atoms with Gasteiger partial charge < -0.3 is 0 Å². The molecule has 0 saturated heterocycles. The molecule has 2 heteroatoms. The maximum absolute atomic E-state index is 6.64. The molecule has 0 radical (unpaired) electrons. The lowest BCUT2D eigenvalue weighted by Crippen LogP contribution is -2.29. The van der Waals surface area contributed by atoms with Crippen LogP contribution < -0.4 is 0 Å². The van der Waals surface area contributed by atoms with Crippen LogP contribution in [0, 0.1) is 5.41 Å². The molecular formula is C13H19ClS. The van der Waals surface area contributed by atoms with E-state index in [1.165, 1.54) is 37.7 Å². The van der Waals surface area contributed by atoms with Crippen molar-refractivity contribution < 1.29 is 0 Å². The van der Waals surface area contributed by atoms with E-state index in [2.05, 4.69) is 23.8 Å². The first-order chi connectivity index (χ1) is 7.27. The zero-order chi connectivity index (χ0) is 10.7. The second kappa shape index (κ2) is 4.88. The summed E-state index contributed by atoms with van der Waals surface area (Å²) in [4.78, 5) is 0. The van der Waals surface area contributed by atoms with Gasteiger partial charge >= 0.3 is 0 Å². The second-order valence-corrected chi connectivity index (χ2v) is 6.03. The third kappa shape index (κ3) is 2.39. The smallest absolute Gasteiger partial charge is 0.0432 e. The minimum Gasteiger partial charge on any atom is -0.152 e. The van der Waals surface area contributed by atoms with Crippen LogP contribution in [0.15, 0.2) is 16.8 Å². The summed E-state index contributed by atoms with van der Waals surface area (Å²) in [5, 5.41) is 4.71. The van der Waals surface area contributed by atoms with E-state index < -0.39 is 0 Å². The molecule has 1 aliphatic carbocycles. The summed E-state index contributed by atoms with van der Waals surface area (Å²) in [6, 6.07) is 2.21. The molecular weight excluding hydrogens is 224 g/mol. The van der Waals surface area contributed by atoms with Crippen molar-refractivity contribution in [2.24, 2.45) is 5.41 Å². The third-order valence-corrected chi connectivity index (χ3v) is 5.31. The van der Waals surface area contributed by atoms with Crippen molar-refractivity contribution >= 4 is 22.9 Å². The Morgan fingerprint density at radius 3 is 2.73 bits per heavy atom. The van der Waals surface area contributed by atoms with Crippen LogP contribution >= 0.6 is 22.9 Å². The van der Waals surface area contributed by atoms with Crippen molar-refractivity contribution in [1.29, 1.82) is 0 Å². The van der Waals surface area contributed by atoms with E-state index in [0.717, 1.165) is 6.42 Å². The SMILES string of the molecule is CCC1(C(Cl)Cc2ccsc2)CCCC1. The Morgan fingerprint density at radius 1 is 1.47 bits per heavy atom. The van der Waals surface area contributed by atoms with Crippen molar-refractivity contribution in [3.05, 3.63) is 22.4 Å². The summed E-state index contributed by atoms with van der Waals surface area (Å²) < 4.78 is 0. The minimum atomic E-state index is 0.333. The summed E-state index contributed by atoms with van der Waals surface area (Å²) in [6.07, 6.45) is 7.72. The molecule has 15 heavy (non-hydrogen) atoms. The Morgan fingerprint density at radius 2 is 2.20 bits per heavy atom. The van der Waals surface area contributed by atoms with Gasteiger partial charge in [-0.1, -0.05) is 19.8 Å². The van der Waals surface area contributed by atoms with Crippen molar-refractivity contribution in [2.75, 3.05) is 0 Å². The largest absolute Gasteiger partial charge is 0.152 e. The molecule has 1 aromatic rings. The highest BCUT2D eigenvalue weighted by Gasteiger charge is 2.38. The minimum absolute atomic E-state index is 0.333. The molecule has 1 aromatic heterocycles. The first-order valence-electron chi connectivity index (χ1n) is 5.92. The Labute approximate surface area is 102 Å². The van der Waals surface area contributed by atoms with Gasteiger partial charge in [0, 0.05) is 5.38 Å². The Balaban J connectivity index is 2.02. The van der Waals surface area contributed by atoms with Gasteiger partial charge in [0.2, 0.25) is 0 Å². The maximum Gasteiger partial charge on any atom is 0.0432 e. The molecule has 0 aliphatic heterocycles. The van der Waals surface area contributed by atoms with E-state index in [-0.39, 0.29) is 0 Å². The Hall–Kier alpha value is -0.0100. The van der Waals surface area contributed by atoms with E-state index in [0.29, 0.717) is 10.8 Å². The molecule has 1 unspecified atom stereocenters. The fraction of sp³-hybridized carbons (Fsp3) is 0.692. The number of rotatable bonds is 4. The van der Waals surface area contributed by atoms with Crippen LogP contribution in [0.3, 0.4) is 0 Å². The van der Waals surface area contributed by atoms with Crippen molar-refractivity contribution in [2.45, 2.75) is 50.8 Å². The van der Waals surface area contributed by atoms with Gasteiger partial charge in [0.05, 0.1) is 0 Å². The highest BCUT2D eigenvalue weighted by Crippen LogP contribution is 2.47. The van der Waals surface area contributed by atoms with E-state index in [4.69, 9.17) is 11.6 Å². The lowest BCUT2D eigenvalue weighted by Gasteiger charge is -2.32. The topological polar surface area (TPSA) is 0 Å². The first-order valence-corrected chi connectivity index (χ1v) is 7.30. The summed E-state index contributed by atoms with van der Waals surface area (Å²) in [7, 11) is 0. The zero-order valence-corrected chi connectivity index (χ0v) is 10.9. The number of thiophene rings is 1. The van der Waals surface area contributed by atoms with Crippen LogP contribution in [0.4, 0.5) is 0 Å². The third-order valence-electron chi connectivity index (χ3n) is 3.96. The summed E-state index contributed by atoms with van der Waals surface area (Å²) in [5.74, 6) is 0. The maximum atomic E-state index is 6.64. The second-order valence-electron chi connectivity index (χ2n) is 4.73. The number of alkyl halides is 1. The van der Waals surface area contributed by atoms with Gasteiger partial charge in [0.25, 0.3) is 0 Å². The van der Waals surface area contributed by atoms with Crippen molar-refractivity contribution in [1.82, 2.24) is 0 Å². The molecule has 1 atom stereocenters. The molecule has 1 saturated carbocycles. The molecule has 0 N–H and O–H groups in total. The Kier molecular flexibility index (Phi) is 3.73. The fourth-order valence-electron chi connectivity index (χ4n) is 2.80. The van der Waals surface area contributed by atoms with Crippen LogP contribution in [0.2, 0.25) is 0 Å². The number of hydrogen-bond acceptors (Lipinski definition) is 1. The van der Waals surface area contributed by atoms with Gasteiger partial charge in [-0.25, -0.2) is 0 Å². The number of halogens is 1. The summed E-state index contributed by atoms with van der Waals surface area (Å²) in [5.41, 5.74) is 1.85. The van der Waals surface area contributed by atoms with Crippen molar-refractivity contribution in [3.8, 4) is 0 Å². The Bertz CT molecular complexity index is 285. The van der Waals surface area contributed by atoms with Gasteiger partial charge in [0.15, 0.2) is 0 Å². The standard InChI is InChI=1S/C13H19ClS/c1-2-13(6-3-4-7-13)12(14)9-11-5-8-15-10-11/h5,8,10,12H,2-4,6-7,9H2,1H3.